The number of likely N-dealkylation sites (tertiary alicyclic amines) is 1. The second-order valence-corrected chi connectivity index (χ2v) is 9.24. The average Bonchev–Trinajstić information content (AvgIpc) is 3.40. The minimum absolute atomic E-state index is 0.0528. The molecule has 0 spiro atoms. The third-order valence-corrected chi connectivity index (χ3v) is 6.27. The van der Waals surface area contributed by atoms with Crippen LogP contribution in [-0.2, 0) is 11.2 Å². The maximum absolute atomic E-state index is 13.0. The number of nitrogens with zero attached hydrogens (tertiary/aromatic N) is 1. The molecule has 4 N–H and O–H groups in total. The lowest BCUT2D eigenvalue weighted by Crippen LogP contribution is -2.50. The second kappa shape index (κ2) is 13.0. The summed E-state index contributed by atoms with van der Waals surface area (Å²) in [7, 11) is 0. The van der Waals surface area contributed by atoms with Crippen molar-refractivity contribution in [2.45, 2.75) is 25.3 Å². The van der Waals surface area contributed by atoms with Crippen LogP contribution in [-0.4, -0.2) is 49.0 Å². The summed E-state index contributed by atoms with van der Waals surface area (Å²) in [5.41, 5.74) is 1.74. The molecule has 0 aliphatic carbocycles. The van der Waals surface area contributed by atoms with Gasteiger partial charge < -0.3 is 25.6 Å². The summed E-state index contributed by atoms with van der Waals surface area (Å²) in [5, 5.41) is 18.2. The van der Waals surface area contributed by atoms with Crippen LogP contribution in [0.25, 0.3) is 0 Å². The minimum atomic E-state index is -0.571. The smallest absolute Gasteiger partial charge is 0.242 e. The molecule has 8 heteroatoms. The van der Waals surface area contributed by atoms with E-state index in [2.05, 4.69) is 20.9 Å². The number of ether oxygens (including phenoxy) is 1. The number of benzene rings is 3. The van der Waals surface area contributed by atoms with E-state index in [0.717, 1.165) is 25.2 Å². The van der Waals surface area contributed by atoms with Gasteiger partial charge in [-0.05, 0) is 80.0 Å². The van der Waals surface area contributed by atoms with Crippen molar-refractivity contribution < 1.29 is 9.53 Å². The van der Waals surface area contributed by atoms with Crippen LogP contribution in [0.2, 0.25) is 5.02 Å². The predicted octanol–water partition coefficient (Wildman–Crippen LogP) is 4.89. The van der Waals surface area contributed by atoms with E-state index in [9.17, 15) is 4.79 Å². The molecule has 188 valence electrons. The summed E-state index contributed by atoms with van der Waals surface area (Å²) in [5.74, 6) is 1.30. The monoisotopic (exact) mass is 505 g/mol. The summed E-state index contributed by atoms with van der Waals surface area (Å²) in [4.78, 5) is 15.4. The van der Waals surface area contributed by atoms with Gasteiger partial charge in [0.1, 0.15) is 17.5 Å². The molecule has 7 nitrogen and oxygen atoms in total. The lowest BCUT2D eigenvalue weighted by molar-refractivity contribution is -0.122. The van der Waals surface area contributed by atoms with Crippen molar-refractivity contribution in [3.05, 3.63) is 89.4 Å². The highest BCUT2D eigenvalue weighted by molar-refractivity contribution is 6.30. The number of halogens is 1. The van der Waals surface area contributed by atoms with E-state index >= 15 is 0 Å². The number of anilines is 1. The van der Waals surface area contributed by atoms with Gasteiger partial charge in [-0.15, -0.1) is 0 Å². The van der Waals surface area contributed by atoms with Gasteiger partial charge >= 0.3 is 0 Å². The van der Waals surface area contributed by atoms with Crippen molar-refractivity contribution in [2.24, 2.45) is 0 Å². The van der Waals surface area contributed by atoms with Gasteiger partial charge in [-0.3, -0.25) is 10.2 Å². The number of rotatable bonds is 10. The van der Waals surface area contributed by atoms with Gasteiger partial charge in [-0.1, -0.05) is 41.9 Å². The summed E-state index contributed by atoms with van der Waals surface area (Å²) in [6.45, 7) is 3.64. The molecule has 3 aromatic carbocycles. The number of nitrogens with one attached hydrogen (secondary N) is 4. The molecular formula is C28H32ClN5O2. The van der Waals surface area contributed by atoms with Crippen LogP contribution in [0.4, 0.5) is 5.69 Å². The van der Waals surface area contributed by atoms with Crippen LogP contribution in [0.5, 0.6) is 11.5 Å². The Bertz CT molecular complexity index is 1120. The molecule has 0 radical (unpaired) electrons. The van der Waals surface area contributed by atoms with Crippen molar-refractivity contribution in [3.63, 3.8) is 0 Å². The predicted molar refractivity (Wildman–Crippen MR) is 145 cm³/mol. The van der Waals surface area contributed by atoms with Crippen LogP contribution >= 0.6 is 11.6 Å². The highest BCUT2D eigenvalue weighted by Gasteiger charge is 2.20. The van der Waals surface area contributed by atoms with E-state index in [1.807, 2.05) is 54.6 Å². The number of hydrogen-bond acceptors (Lipinski definition) is 4. The van der Waals surface area contributed by atoms with Gasteiger partial charge in [0.25, 0.3) is 0 Å². The SMILES string of the molecule is N=C(Nc1ccc(Oc2ccc(Cl)cc2)cc1)N[C@@H](Cc1ccccc1)C(=O)NCCN1CCCC1. The molecule has 1 heterocycles. The molecule has 1 amide bonds. The molecule has 1 aliphatic heterocycles. The summed E-state index contributed by atoms with van der Waals surface area (Å²) >= 11 is 5.92. The van der Waals surface area contributed by atoms with Gasteiger partial charge in [-0.2, -0.15) is 0 Å². The van der Waals surface area contributed by atoms with Crippen molar-refractivity contribution in [1.82, 2.24) is 15.5 Å². The maximum atomic E-state index is 13.0. The first-order chi connectivity index (χ1) is 17.5. The Morgan fingerprint density at radius 1 is 0.944 bits per heavy atom. The first-order valence-corrected chi connectivity index (χ1v) is 12.6. The Labute approximate surface area is 217 Å². The van der Waals surface area contributed by atoms with Crippen LogP contribution in [0.15, 0.2) is 78.9 Å². The third-order valence-electron chi connectivity index (χ3n) is 6.02. The topological polar surface area (TPSA) is 89.5 Å². The molecule has 0 aromatic heterocycles. The van der Waals surface area contributed by atoms with E-state index in [4.69, 9.17) is 21.7 Å². The first-order valence-electron chi connectivity index (χ1n) is 12.2. The van der Waals surface area contributed by atoms with E-state index in [1.54, 1.807) is 24.3 Å². The molecule has 36 heavy (non-hydrogen) atoms. The standard InChI is InChI=1S/C28H32ClN5O2/c29-22-8-12-24(13-9-22)36-25-14-10-23(11-15-25)32-28(30)33-26(20-21-6-2-1-3-7-21)27(35)31-16-19-34-17-4-5-18-34/h1-3,6-15,26H,4-5,16-20H2,(H,31,35)(H3,30,32,33)/t26-/m0/s1. The van der Waals surface area contributed by atoms with Crippen molar-refractivity contribution in [2.75, 3.05) is 31.5 Å². The summed E-state index contributed by atoms with van der Waals surface area (Å²) < 4.78 is 5.82. The van der Waals surface area contributed by atoms with Crippen molar-refractivity contribution in [3.8, 4) is 11.5 Å². The van der Waals surface area contributed by atoms with E-state index in [-0.39, 0.29) is 11.9 Å². The zero-order valence-corrected chi connectivity index (χ0v) is 20.9. The molecule has 1 saturated heterocycles. The Hall–Kier alpha value is -3.55. The Morgan fingerprint density at radius 3 is 2.25 bits per heavy atom. The number of hydrogen-bond donors (Lipinski definition) is 4. The fraction of sp³-hybridized carbons (Fsp3) is 0.286. The Balaban J connectivity index is 1.32. The number of guanidine groups is 1. The van der Waals surface area contributed by atoms with E-state index in [1.165, 1.54) is 12.8 Å². The van der Waals surface area contributed by atoms with Crippen LogP contribution < -0.4 is 20.7 Å². The summed E-state index contributed by atoms with van der Waals surface area (Å²) in [6.07, 6.45) is 2.93. The normalized spacial score (nSPS) is 14.1. The number of carbonyl (C=O) groups is 1. The van der Waals surface area contributed by atoms with E-state index in [0.29, 0.717) is 35.2 Å². The molecule has 4 rings (SSSR count). The lowest BCUT2D eigenvalue weighted by Gasteiger charge is -2.22. The van der Waals surface area contributed by atoms with Gasteiger partial charge in [0.15, 0.2) is 5.96 Å². The molecule has 0 unspecified atom stereocenters. The number of amides is 1. The Kier molecular flexibility index (Phi) is 9.19. The van der Waals surface area contributed by atoms with Crippen molar-refractivity contribution in [1.29, 1.82) is 5.41 Å². The molecular weight excluding hydrogens is 474 g/mol. The van der Waals surface area contributed by atoms with Crippen LogP contribution in [0, 0.1) is 5.41 Å². The zero-order chi connectivity index (χ0) is 25.2. The molecule has 1 aliphatic rings. The fourth-order valence-electron chi connectivity index (χ4n) is 4.13. The minimum Gasteiger partial charge on any atom is -0.457 e. The molecule has 1 atom stereocenters. The zero-order valence-electron chi connectivity index (χ0n) is 20.2. The number of carbonyl (C=O) groups excluding carboxylic acids is 1. The molecule has 0 saturated carbocycles. The van der Waals surface area contributed by atoms with Gasteiger partial charge in [0.2, 0.25) is 5.91 Å². The average molecular weight is 506 g/mol. The van der Waals surface area contributed by atoms with E-state index < -0.39 is 6.04 Å². The highest BCUT2D eigenvalue weighted by atomic mass is 35.5. The first kappa shape index (κ1) is 25.5. The van der Waals surface area contributed by atoms with Crippen LogP contribution in [0.1, 0.15) is 18.4 Å². The lowest BCUT2D eigenvalue weighted by atomic mass is 10.1. The fourth-order valence-corrected chi connectivity index (χ4v) is 4.25. The van der Waals surface area contributed by atoms with Gasteiger partial charge in [-0.25, -0.2) is 0 Å². The van der Waals surface area contributed by atoms with Gasteiger partial charge in [0.05, 0.1) is 0 Å². The maximum Gasteiger partial charge on any atom is 0.242 e. The third kappa shape index (κ3) is 8.00. The quantitative estimate of drug-likeness (QED) is 0.233. The largest absolute Gasteiger partial charge is 0.457 e. The second-order valence-electron chi connectivity index (χ2n) is 8.81. The molecule has 3 aromatic rings. The van der Waals surface area contributed by atoms with Gasteiger partial charge in [0, 0.05) is 30.2 Å². The molecule has 0 bridgehead atoms. The van der Waals surface area contributed by atoms with Crippen LogP contribution in [0.3, 0.4) is 0 Å². The Morgan fingerprint density at radius 2 is 1.58 bits per heavy atom. The van der Waals surface area contributed by atoms with Crippen molar-refractivity contribution >= 4 is 29.2 Å². The molecule has 1 fully saturated rings. The summed E-state index contributed by atoms with van der Waals surface area (Å²) in [6, 6.07) is 23.7. The highest BCUT2D eigenvalue weighted by Crippen LogP contribution is 2.24.